The number of hydrogen-bond donors (Lipinski definition) is 1. The quantitative estimate of drug-likeness (QED) is 0.487. The van der Waals surface area contributed by atoms with Gasteiger partial charge in [-0.2, -0.15) is 14.7 Å². The summed E-state index contributed by atoms with van der Waals surface area (Å²) in [4.78, 5) is 12.8. The second-order valence-corrected chi connectivity index (χ2v) is 10.7. The predicted molar refractivity (Wildman–Crippen MR) is 132 cm³/mol. The summed E-state index contributed by atoms with van der Waals surface area (Å²) < 4.78 is 29.0. The van der Waals surface area contributed by atoms with Crippen LogP contribution < -0.4 is 5.32 Å². The Kier molecular flexibility index (Phi) is 7.63. The van der Waals surface area contributed by atoms with Crippen molar-refractivity contribution in [1.29, 1.82) is 5.26 Å². The summed E-state index contributed by atoms with van der Waals surface area (Å²) in [5.41, 5.74) is 3.57. The van der Waals surface area contributed by atoms with Crippen molar-refractivity contribution in [2.24, 2.45) is 5.92 Å². The van der Waals surface area contributed by atoms with E-state index in [2.05, 4.69) is 10.4 Å². The summed E-state index contributed by atoms with van der Waals surface area (Å²) in [6.45, 7) is 3.17. The van der Waals surface area contributed by atoms with E-state index in [0.717, 1.165) is 29.8 Å². The minimum atomic E-state index is -3.63. The maximum Gasteiger partial charge on any atom is 0.243 e. The van der Waals surface area contributed by atoms with Crippen LogP contribution in [0.25, 0.3) is 5.69 Å². The molecule has 8 nitrogen and oxygen atoms in total. The zero-order valence-electron chi connectivity index (χ0n) is 19.7. The van der Waals surface area contributed by atoms with Gasteiger partial charge >= 0.3 is 0 Å². The highest BCUT2D eigenvalue weighted by Crippen LogP contribution is 2.24. The van der Waals surface area contributed by atoms with Gasteiger partial charge in [0.25, 0.3) is 0 Å². The maximum absolute atomic E-state index is 12.9. The molecule has 182 valence electrons. The molecule has 35 heavy (non-hydrogen) atoms. The summed E-state index contributed by atoms with van der Waals surface area (Å²) in [5, 5.41) is 16.5. The second-order valence-electron chi connectivity index (χ2n) is 8.73. The summed E-state index contributed by atoms with van der Waals surface area (Å²) in [5.74, 6) is -0.206. The number of benzene rings is 2. The van der Waals surface area contributed by atoms with Crippen LogP contribution in [0.2, 0.25) is 0 Å². The van der Waals surface area contributed by atoms with Crippen molar-refractivity contribution in [2.75, 3.05) is 19.6 Å². The first-order valence-corrected chi connectivity index (χ1v) is 13.2. The van der Waals surface area contributed by atoms with Crippen LogP contribution in [0.15, 0.2) is 65.7 Å². The van der Waals surface area contributed by atoms with Crippen molar-refractivity contribution in [3.63, 3.8) is 0 Å². The highest BCUT2D eigenvalue weighted by molar-refractivity contribution is 7.89. The lowest BCUT2D eigenvalue weighted by Gasteiger charge is -2.30. The molecule has 0 unspecified atom stereocenters. The van der Waals surface area contributed by atoms with Gasteiger partial charge in [-0.15, -0.1) is 0 Å². The van der Waals surface area contributed by atoms with E-state index < -0.39 is 10.0 Å². The lowest BCUT2D eigenvalue weighted by Crippen LogP contribution is -2.43. The molecule has 2 heterocycles. The third-order valence-corrected chi connectivity index (χ3v) is 8.30. The molecule has 0 radical (unpaired) electrons. The number of nitriles is 1. The Morgan fingerprint density at radius 2 is 1.80 bits per heavy atom. The highest BCUT2D eigenvalue weighted by Gasteiger charge is 2.32. The fourth-order valence-corrected chi connectivity index (χ4v) is 5.77. The SMILES string of the molecule is Cc1nn(-c2ccccc2)cc1CCCNC(=O)C1CCN(S(=O)(=O)c2ccc(C#N)cc2)CC1. The first-order valence-electron chi connectivity index (χ1n) is 11.8. The van der Waals surface area contributed by atoms with Gasteiger partial charge in [0.2, 0.25) is 15.9 Å². The van der Waals surface area contributed by atoms with Gasteiger partial charge < -0.3 is 5.32 Å². The van der Waals surface area contributed by atoms with Crippen molar-refractivity contribution < 1.29 is 13.2 Å². The molecule has 1 fully saturated rings. The molecular weight excluding hydrogens is 462 g/mol. The maximum atomic E-state index is 12.9. The molecule has 3 aromatic rings. The molecule has 0 spiro atoms. The van der Waals surface area contributed by atoms with Crippen molar-refractivity contribution >= 4 is 15.9 Å². The van der Waals surface area contributed by atoms with Crippen molar-refractivity contribution in [1.82, 2.24) is 19.4 Å². The molecule has 1 saturated heterocycles. The lowest BCUT2D eigenvalue weighted by atomic mass is 9.97. The first-order chi connectivity index (χ1) is 16.9. The van der Waals surface area contributed by atoms with Crippen molar-refractivity contribution in [2.45, 2.75) is 37.5 Å². The number of piperidine rings is 1. The topological polar surface area (TPSA) is 108 Å². The minimum absolute atomic E-state index is 0.0166. The molecule has 1 aromatic heterocycles. The standard InChI is InChI=1S/C26H29N5O3S/c1-20-23(19-31(29-20)24-7-3-2-4-8-24)6-5-15-28-26(32)22-13-16-30(17-14-22)35(33,34)25-11-9-21(18-27)10-12-25/h2-4,7-12,19,22H,5-6,13-17H2,1H3,(H,28,32). The van der Waals surface area contributed by atoms with Gasteiger partial charge in [-0.1, -0.05) is 18.2 Å². The summed E-state index contributed by atoms with van der Waals surface area (Å²) >= 11 is 0. The molecular formula is C26H29N5O3S. The van der Waals surface area contributed by atoms with Crippen LogP contribution in [0.5, 0.6) is 0 Å². The number of hydrogen-bond acceptors (Lipinski definition) is 5. The normalized spacial score (nSPS) is 15.0. The molecule has 1 N–H and O–H groups in total. The Hall–Kier alpha value is -3.48. The lowest BCUT2D eigenvalue weighted by molar-refractivity contribution is -0.126. The molecule has 1 aliphatic heterocycles. The number of aromatic nitrogens is 2. The Morgan fingerprint density at radius 3 is 2.46 bits per heavy atom. The fraction of sp³-hybridized carbons (Fsp3) is 0.346. The largest absolute Gasteiger partial charge is 0.356 e. The number of rotatable bonds is 8. The second kappa shape index (κ2) is 10.8. The summed E-state index contributed by atoms with van der Waals surface area (Å²) in [6, 6.07) is 17.9. The van der Waals surface area contributed by atoms with Crippen LogP contribution in [0.3, 0.4) is 0 Å². The molecule has 1 aliphatic rings. The number of amides is 1. The average molecular weight is 492 g/mol. The van der Waals surface area contributed by atoms with Gasteiger partial charge in [-0.05, 0) is 74.6 Å². The Bertz CT molecular complexity index is 1300. The van der Waals surface area contributed by atoms with Crippen LogP contribution in [0, 0.1) is 24.2 Å². The van der Waals surface area contributed by atoms with E-state index >= 15 is 0 Å². The van der Waals surface area contributed by atoms with Crippen LogP contribution in [-0.4, -0.2) is 48.0 Å². The number of para-hydroxylation sites is 1. The van der Waals surface area contributed by atoms with Gasteiger partial charge in [-0.25, -0.2) is 13.1 Å². The van der Waals surface area contributed by atoms with E-state index in [1.165, 1.54) is 28.6 Å². The molecule has 0 bridgehead atoms. The third-order valence-electron chi connectivity index (χ3n) is 6.39. The summed E-state index contributed by atoms with van der Waals surface area (Å²) in [7, 11) is -3.63. The predicted octanol–water partition coefficient (Wildman–Crippen LogP) is 3.20. The first kappa shape index (κ1) is 24.6. The van der Waals surface area contributed by atoms with Gasteiger partial charge in [-0.3, -0.25) is 4.79 Å². The van der Waals surface area contributed by atoms with Gasteiger partial charge in [0.15, 0.2) is 0 Å². The zero-order valence-corrected chi connectivity index (χ0v) is 20.5. The fourth-order valence-electron chi connectivity index (χ4n) is 4.30. The number of aryl methyl sites for hydroxylation is 2. The molecule has 2 aromatic carbocycles. The zero-order chi connectivity index (χ0) is 24.8. The Labute approximate surface area is 206 Å². The summed E-state index contributed by atoms with van der Waals surface area (Å²) in [6.07, 6.45) is 4.64. The van der Waals surface area contributed by atoms with Crippen molar-refractivity contribution in [3.05, 3.63) is 77.6 Å². The molecule has 0 atom stereocenters. The number of nitrogens with zero attached hydrogens (tertiary/aromatic N) is 4. The van der Waals surface area contributed by atoms with Gasteiger partial charge in [0, 0.05) is 31.7 Å². The minimum Gasteiger partial charge on any atom is -0.356 e. The van der Waals surface area contributed by atoms with Crippen LogP contribution in [0.1, 0.15) is 36.1 Å². The smallest absolute Gasteiger partial charge is 0.243 e. The molecule has 4 rings (SSSR count). The van der Waals surface area contributed by atoms with Crippen LogP contribution in [-0.2, 0) is 21.2 Å². The third kappa shape index (κ3) is 5.78. The monoisotopic (exact) mass is 491 g/mol. The van der Waals surface area contributed by atoms with Crippen molar-refractivity contribution in [3.8, 4) is 11.8 Å². The number of nitrogens with one attached hydrogen (secondary N) is 1. The number of carbonyl (C=O) groups is 1. The van der Waals surface area contributed by atoms with E-state index in [1.54, 1.807) is 0 Å². The molecule has 0 aliphatic carbocycles. The molecule has 0 saturated carbocycles. The van der Waals surface area contributed by atoms with E-state index in [0.29, 0.717) is 38.0 Å². The van der Waals surface area contributed by atoms with E-state index in [4.69, 9.17) is 5.26 Å². The van der Waals surface area contributed by atoms with Gasteiger partial charge in [0.1, 0.15) is 0 Å². The number of sulfonamides is 1. The molecule has 1 amide bonds. The van der Waals surface area contributed by atoms with E-state index in [-0.39, 0.29) is 16.7 Å². The number of carbonyl (C=O) groups excluding carboxylic acids is 1. The van der Waals surface area contributed by atoms with Crippen LogP contribution >= 0.6 is 0 Å². The Balaban J connectivity index is 1.22. The van der Waals surface area contributed by atoms with Gasteiger partial charge in [0.05, 0.1) is 27.9 Å². The Morgan fingerprint density at radius 1 is 1.11 bits per heavy atom. The molecule has 9 heteroatoms. The highest BCUT2D eigenvalue weighted by atomic mass is 32.2. The average Bonchev–Trinajstić information content (AvgIpc) is 3.27. The van der Waals surface area contributed by atoms with E-state index in [9.17, 15) is 13.2 Å². The van der Waals surface area contributed by atoms with Crippen LogP contribution in [0.4, 0.5) is 0 Å². The van der Waals surface area contributed by atoms with E-state index in [1.807, 2.05) is 54.2 Å².